The Morgan fingerprint density at radius 2 is 2.05 bits per heavy atom. The van der Waals surface area contributed by atoms with Gasteiger partial charge in [-0.15, -0.1) is 0 Å². The third-order valence-corrected chi connectivity index (χ3v) is 4.05. The Labute approximate surface area is 123 Å². The summed E-state index contributed by atoms with van der Waals surface area (Å²) < 4.78 is 15.4. The number of likely N-dealkylation sites (tertiary alicyclic amines) is 1. The largest absolute Gasteiger partial charge is 0.326 e. The minimum atomic E-state index is -0.267. The molecule has 0 saturated carbocycles. The number of imidazole rings is 1. The Bertz CT molecular complexity index is 665. The highest BCUT2D eigenvalue weighted by Gasteiger charge is 2.16. The van der Waals surface area contributed by atoms with Crippen LogP contribution in [0.2, 0.25) is 0 Å². The topological polar surface area (TPSA) is 44.9 Å². The van der Waals surface area contributed by atoms with E-state index in [0.29, 0.717) is 18.5 Å². The number of benzene rings is 1. The highest BCUT2D eigenvalue weighted by atomic mass is 19.1. The molecule has 110 valence electrons. The molecule has 0 spiro atoms. The van der Waals surface area contributed by atoms with E-state index in [0.717, 1.165) is 31.0 Å². The monoisotopic (exact) mass is 286 g/mol. The second-order valence-corrected chi connectivity index (χ2v) is 5.56. The van der Waals surface area contributed by atoms with Crippen molar-refractivity contribution in [1.82, 2.24) is 14.5 Å². The summed E-state index contributed by atoms with van der Waals surface area (Å²) in [5.41, 5.74) is 1.60. The van der Waals surface area contributed by atoms with Crippen LogP contribution in [0.5, 0.6) is 0 Å². The molecule has 1 aliphatic rings. The highest BCUT2D eigenvalue weighted by molar-refractivity contribution is 5.76. The molecule has 0 aliphatic carbocycles. The van der Waals surface area contributed by atoms with E-state index in [9.17, 15) is 4.39 Å². The van der Waals surface area contributed by atoms with Crippen LogP contribution < -0.4 is 0 Å². The number of piperidine rings is 1. The van der Waals surface area contributed by atoms with Crippen molar-refractivity contribution >= 4 is 11.0 Å². The molecule has 0 unspecified atom stereocenters. The molecular formula is C16H19FN4. The van der Waals surface area contributed by atoms with Crippen molar-refractivity contribution in [1.29, 1.82) is 5.26 Å². The lowest BCUT2D eigenvalue weighted by atomic mass is 10.1. The van der Waals surface area contributed by atoms with E-state index in [-0.39, 0.29) is 5.82 Å². The van der Waals surface area contributed by atoms with Gasteiger partial charge in [0.25, 0.3) is 0 Å². The molecular weight excluding hydrogens is 267 g/mol. The summed E-state index contributed by atoms with van der Waals surface area (Å²) in [5, 5.41) is 8.84. The second-order valence-electron chi connectivity index (χ2n) is 5.56. The normalized spacial score (nSPS) is 16.2. The maximum absolute atomic E-state index is 13.4. The van der Waals surface area contributed by atoms with Gasteiger partial charge < -0.3 is 4.57 Å². The highest BCUT2D eigenvalue weighted by Crippen LogP contribution is 2.20. The molecule has 4 nitrogen and oxygen atoms in total. The number of nitriles is 1. The van der Waals surface area contributed by atoms with Crippen LogP contribution in [-0.4, -0.2) is 27.5 Å². The minimum Gasteiger partial charge on any atom is -0.326 e. The molecule has 1 aliphatic heterocycles. The van der Waals surface area contributed by atoms with E-state index in [1.165, 1.54) is 31.4 Å². The predicted molar refractivity (Wildman–Crippen MR) is 79.0 cm³/mol. The summed E-state index contributed by atoms with van der Waals surface area (Å²) in [6.45, 7) is 3.58. The van der Waals surface area contributed by atoms with Crippen LogP contribution in [0.3, 0.4) is 0 Å². The van der Waals surface area contributed by atoms with Crippen LogP contribution in [0.1, 0.15) is 31.5 Å². The molecule has 21 heavy (non-hydrogen) atoms. The Morgan fingerprint density at radius 1 is 1.24 bits per heavy atom. The van der Waals surface area contributed by atoms with Gasteiger partial charge in [-0.1, -0.05) is 6.42 Å². The molecule has 0 amide bonds. The second kappa shape index (κ2) is 6.23. The summed E-state index contributed by atoms with van der Waals surface area (Å²) in [5.74, 6) is 0.671. The predicted octanol–water partition coefficient (Wildman–Crippen LogP) is 3.07. The zero-order valence-corrected chi connectivity index (χ0v) is 12.1. The van der Waals surface area contributed by atoms with Crippen LogP contribution in [0.4, 0.5) is 4.39 Å². The molecule has 2 aromatic rings. The van der Waals surface area contributed by atoms with E-state index in [4.69, 9.17) is 5.26 Å². The van der Waals surface area contributed by atoms with E-state index in [2.05, 4.69) is 20.5 Å². The first-order chi connectivity index (χ1) is 10.3. The van der Waals surface area contributed by atoms with Gasteiger partial charge in [0.2, 0.25) is 0 Å². The standard InChI is InChI=1S/C16H19FN4/c17-13-5-6-15-14(11-13)19-16(21(15)10-4-7-18)12-20-8-2-1-3-9-20/h5-6,11H,1-4,8-10,12H2. The summed E-state index contributed by atoms with van der Waals surface area (Å²) in [7, 11) is 0. The van der Waals surface area contributed by atoms with Gasteiger partial charge in [0, 0.05) is 12.6 Å². The van der Waals surface area contributed by atoms with Gasteiger partial charge in [-0.25, -0.2) is 9.37 Å². The van der Waals surface area contributed by atoms with E-state index < -0.39 is 0 Å². The van der Waals surface area contributed by atoms with Crippen molar-refractivity contribution in [3.05, 3.63) is 29.8 Å². The zero-order chi connectivity index (χ0) is 14.7. The lowest BCUT2D eigenvalue weighted by molar-refractivity contribution is 0.213. The lowest BCUT2D eigenvalue weighted by Crippen LogP contribution is -2.30. The zero-order valence-electron chi connectivity index (χ0n) is 12.1. The third-order valence-electron chi connectivity index (χ3n) is 4.05. The molecule has 2 heterocycles. The summed E-state index contributed by atoms with van der Waals surface area (Å²) >= 11 is 0. The fraction of sp³-hybridized carbons (Fsp3) is 0.500. The number of aryl methyl sites for hydroxylation is 1. The number of nitrogens with zero attached hydrogens (tertiary/aromatic N) is 4. The average Bonchev–Trinajstić information content (AvgIpc) is 2.82. The number of halogens is 1. The number of fused-ring (bicyclic) bond motifs is 1. The Hall–Kier alpha value is -1.93. The van der Waals surface area contributed by atoms with Gasteiger partial charge in [0.15, 0.2) is 0 Å². The van der Waals surface area contributed by atoms with E-state index >= 15 is 0 Å². The Morgan fingerprint density at radius 3 is 2.81 bits per heavy atom. The molecule has 1 fully saturated rings. The van der Waals surface area contributed by atoms with Gasteiger partial charge in [-0.05, 0) is 38.1 Å². The minimum absolute atomic E-state index is 0.267. The maximum Gasteiger partial charge on any atom is 0.125 e. The van der Waals surface area contributed by atoms with E-state index in [1.807, 2.05) is 0 Å². The van der Waals surface area contributed by atoms with Crippen LogP contribution in [0.25, 0.3) is 11.0 Å². The van der Waals surface area contributed by atoms with Crippen LogP contribution in [-0.2, 0) is 13.1 Å². The van der Waals surface area contributed by atoms with Gasteiger partial charge >= 0.3 is 0 Å². The molecule has 0 radical (unpaired) electrons. The number of hydrogen-bond donors (Lipinski definition) is 0. The van der Waals surface area contributed by atoms with Gasteiger partial charge in [-0.2, -0.15) is 5.26 Å². The molecule has 1 saturated heterocycles. The van der Waals surface area contributed by atoms with Crippen molar-refractivity contribution in [3.8, 4) is 6.07 Å². The first kappa shape index (κ1) is 14.0. The smallest absolute Gasteiger partial charge is 0.125 e. The molecule has 0 atom stereocenters. The first-order valence-electron chi connectivity index (χ1n) is 7.52. The van der Waals surface area contributed by atoms with Crippen molar-refractivity contribution in [2.45, 2.75) is 38.8 Å². The first-order valence-corrected chi connectivity index (χ1v) is 7.52. The SMILES string of the molecule is N#CCCn1c(CN2CCCCC2)nc2cc(F)ccc21. The number of hydrogen-bond acceptors (Lipinski definition) is 3. The van der Waals surface area contributed by atoms with Crippen molar-refractivity contribution in [3.63, 3.8) is 0 Å². The van der Waals surface area contributed by atoms with Gasteiger partial charge in [-0.3, -0.25) is 4.90 Å². The van der Waals surface area contributed by atoms with Crippen molar-refractivity contribution in [2.24, 2.45) is 0 Å². The molecule has 0 N–H and O–H groups in total. The third kappa shape index (κ3) is 3.06. The molecule has 1 aromatic carbocycles. The Kier molecular flexibility index (Phi) is 4.16. The fourth-order valence-electron chi connectivity index (χ4n) is 3.00. The maximum atomic E-state index is 13.4. The summed E-state index contributed by atoms with van der Waals surface area (Å²) in [6, 6.07) is 6.86. The van der Waals surface area contributed by atoms with Crippen LogP contribution in [0.15, 0.2) is 18.2 Å². The molecule has 1 aromatic heterocycles. The van der Waals surface area contributed by atoms with E-state index in [1.54, 1.807) is 6.07 Å². The van der Waals surface area contributed by atoms with Crippen molar-refractivity contribution < 1.29 is 4.39 Å². The Balaban J connectivity index is 1.92. The quantitative estimate of drug-likeness (QED) is 0.867. The van der Waals surface area contributed by atoms with Gasteiger partial charge in [0.1, 0.15) is 11.6 Å². The van der Waals surface area contributed by atoms with Crippen LogP contribution in [0, 0.1) is 17.1 Å². The summed E-state index contributed by atoms with van der Waals surface area (Å²) in [4.78, 5) is 6.99. The van der Waals surface area contributed by atoms with Crippen LogP contribution >= 0.6 is 0 Å². The number of rotatable bonds is 4. The van der Waals surface area contributed by atoms with Crippen molar-refractivity contribution in [2.75, 3.05) is 13.1 Å². The molecule has 3 rings (SSSR count). The molecule has 5 heteroatoms. The lowest BCUT2D eigenvalue weighted by Gasteiger charge is -2.26. The number of aromatic nitrogens is 2. The summed E-state index contributed by atoms with van der Waals surface area (Å²) in [6.07, 6.45) is 4.20. The average molecular weight is 286 g/mol. The van der Waals surface area contributed by atoms with Gasteiger partial charge in [0.05, 0.1) is 30.1 Å². The fourth-order valence-corrected chi connectivity index (χ4v) is 3.00. The molecule has 0 bridgehead atoms.